The predicted octanol–water partition coefficient (Wildman–Crippen LogP) is 3.32. The topological polar surface area (TPSA) is 68.0 Å². The predicted molar refractivity (Wildman–Crippen MR) is 93.7 cm³/mol. The van der Waals surface area contributed by atoms with E-state index in [9.17, 15) is 4.79 Å². The molecule has 1 aromatic carbocycles. The molecule has 2 aromatic rings. The third kappa shape index (κ3) is 4.29. The average molecular weight is 385 g/mol. The number of halogens is 2. The molecule has 3 N–H and O–H groups in total. The van der Waals surface area contributed by atoms with E-state index in [2.05, 4.69) is 26.2 Å². The van der Waals surface area contributed by atoms with Crippen LogP contribution < -0.4 is 11.1 Å². The van der Waals surface area contributed by atoms with E-state index >= 15 is 0 Å². The lowest BCUT2D eigenvalue weighted by Gasteiger charge is -2.26. The fraction of sp³-hybridized carbons (Fsp3) is 0.250. The Labute approximate surface area is 145 Å². The number of pyridine rings is 1. The number of nitrogens with zero attached hydrogens (tertiary/aromatic N) is 1. The molecule has 2 atom stereocenters. The molecule has 0 saturated carbocycles. The van der Waals surface area contributed by atoms with Gasteiger partial charge >= 0.3 is 0 Å². The highest BCUT2D eigenvalue weighted by Crippen LogP contribution is 2.22. The zero-order valence-electron chi connectivity index (χ0n) is 12.4. The van der Waals surface area contributed by atoms with E-state index in [1.807, 2.05) is 43.3 Å². The molecule has 0 aliphatic rings. The van der Waals surface area contributed by atoms with Gasteiger partial charge in [-0.3, -0.25) is 9.78 Å². The summed E-state index contributed by atoms with van der Waals surface area (Å²) in [5.41, 5.74) is 6.84. The van der Waals surface area contributed by atoms with Crippen molar-refractivity contribution in [2.75, 3.05) is 0 Å². The second-order valence-corrected chi connectivity index (χ2v) is 6.11. The van der Waals surface area contributed by atoms with Crippen LogP contribution in [-0.4, -0.2) is 10.9 Å². The number of nitrogens with two attached hydrogens (primary N) is 1. The monoisotopic (exact) mass is 383 g/mol. The molecular weight excluding hydrogens is 366 g/mol. The highest BCUT2D eigenvalue weighted by Gasteiger charge is 2.31. The highest BCUT2D eigenvalue weighted by atomic mass is 79.9. The van der Waals surface area contributed by atoms with Gasteiger partial charge in [-0.1, -0.05) is 34.1 Å². The number of aromatic nitrogens is 1. The van der Waals surface area contributed by atoms with Gasteiger partial charge in [0.1, 0.15) is 5.54 Å². The molecule has 1 aromatic heterocycles. The molecule has 0 spiro atoms. The Kier molecular flexibility index (Phi) is 6.53. The molecule has 4 nitrogen and oxygen atoms in total. The van der Waals surface area contributed by atoms with Gasteiger partial charge in [0.15, 0.2) is 0 Å². The van der Waals surface area contributed by atoms with Crippen molar-refractivity contribution in [2.45, 2.75) is 25.4 Å². The minimum absolute atomic E-state index is 0. The first kappa shape index (κ1) is 18.6. The number of hydrogen-bond acceptors (Lipinski definition) is 3. The van der Waals surface area contributed by atoms with Crippen LogP contribution in [0.3, 0.4) is 0 Å². The van der Waals surface area contributed by atoms with E-state index in [1.54, 1.807) is 19.3 Å². The van der Waals surface area contributed by atoms with Crippen LogP contribution in [0.15, 0.2) is 53.3 Å². The molecule has 0 saturated heterocycles. The number of benzene rings is 1. The van der Waals surface area contributed by atoms with Gasteiger partial charge in [0.2, 0.25) is 5.91 Å². The average Bonchev–Trinajstić information content (AvgIpc) is 2.48. The lowest BCUT2D eigenvalue weighted by atomic mass is 9.92. The largest absolute Gasteiger partial charge is 0.348 e. The second-order valence-electron chi connectivity index (χ2n) is 5.19. The number of carbonyl (C=O) groups is 1. The van der Waals surface area contributed by atoms with Gasteiger partial charge in [0.25, 0.3) is 0 Å². The number of carbonyl (C=O) groups excluding carboxylic acids is 1. The molecular formula is C16H19BrClN3O. The Bertz CT molecular complexity index is 617. The fourth-order valence-electron chi connectivity index (χ4n) is 1.99. The molecule has 2 rings (SSSR count). The third-order valence-corrected chi connectivity index (χ3v) is 3.98. The summed E-state index contributed by atoms with van der Waals surface area (Å²) >= 11 is 3.37. The van der Waals surface area contributed by atoms with Crippen LogP contribution in [0.25, 0.3) is 0 Å². The summed E-state index contributed by atoms with van der Waals surface area (Å²) in [5, 5.41) is 2.93. The second kappa shape index (κ2) is 7.72. The lowest BCUT2D eigenvalue weighted by Crippen LogP contribution is -2.49. The van der Waals surface area contributed by atoms with Crippen molar-refractivity contribution < 1.29 is 4.79 Å². The first-order chi connectivity index (χ1) is 9.91. The van der Waals surface area contributed by atoms with Gasteiger partial charge in [-0.25, -0.2) is 0 Å². The van der Waals surface area contributed by atoms with E-state index in [1.165, 1.54) is 0 Å². The number of nitrogens with one attached hydrogen (secondary N) is 1. The van der Waals surface area contributed by atoms with Crippen molar-refractivity contribution in [3.8, 4) is 0 Å². The number of rotatable bonds is 4. The quantitative estimate of drug-likeness (QED) is 0.849. The SMILES string of the molecule is CC(NC(=O)C(C)(N)c1ccc(Br)cc1)c1cccnc1.Cl. The van der Waals surface area contributed by atoms with Crippen LogP contribution >= 0.6 is 28.3 Å². The van der Waals surface area contributed by atoms with Crippen LogP contribution in [0.2, 0.25) is 0 Å². The molecule has 0 radical (unpaired) electrons. The van der Waals surface area contributed by atoms with Crippen LogP contribution in [0.5, 0.6) is 0 Å². The van der Waals surface area contributed by atoms with Crippen molar-refractivity contribution in [1.29, 1.82) is 0 Å². The van der Waals surface area contributed by atoms with Crippen molar-refractivity contribution in [3.05, 3.63) is 64.4 Å². The Balaban J connectivity index is 0.00000242. The number of hydrogen-bond donors (Lipinski definition) is 2. The maximum absolute atomic E-state index is 12.5. The molecule has 118 valence electrons. The zero-order chi connectivity index (χ0) is 15.5. The molecule has 6 heteroatoms. The normalized spacial score (nSPS) is 14.4. The van der Waals surface area contributed by atoms with Crippen LogP contribution in [-0.2, 0) is 10.3 Å². The van der Waals surface area contributed by atoms with Crippen LogP contribution in [0, 0.1) is 0 Å². The molecule has 2 unspecified atom stereocenters. The molecule has 0 aliphatic carbocycles. The van der Waals surface area contributed by atoms with Gasteiger partial charge in [-0.05, 0) is 43.2 Å². The van der Waals surface area contributed by atoms with Gasteiger partial charge in [0, 0.05) is 16.9 Å². The third-order valence-electron chi connectivity index (χ3n) is 3.45. The van der Waals surface area contributed by atoms with Crippen molar-refractivity contribution in [3.63, 3.8) is 0 Å². The van der Waals surface area contributed by atoms with Crippen LogP contribution in [0.1, 0.15) is 31.0 Å². The molecule has 0 fully saturated rings. The summed E-state index contributed by atoms with van der Waals surface area (Å²) in [4.78, 5) is 16.5. The summed E-state index contributed by atoms with van der Waals surface area (Å²) in [5.74, 6) is -0.221. The Hall–Kier alpha value is -1.43. The van der Waals surface area contributed by atoms with Crippen molar-refractivity contribution in [1.82, 2.24) is 10.3 Å². The van der Waals surface area contributed by atoms with Crippen molar-refractivity contribution in [2.24, 2.45) is 5.73 Å². The molecule has 22 heavy (non-hydrogen) atoms. The van der Waals surface area contributed by atoms with E-state index in [-0.39, 0.29) is 24.4 Å². The van der Waals surface area contributed by atoms with E-state index < -0.39 is 5.54 Å². The summed E-state index contributed by atoms with van der Waals surface area (Å²) in [6.45, 7) is 3.62. The van der Waals surface area contributed by atoms with Crippen molar-refractivity contribution >= 4 is 34.2 Å². The van der Waals surface area contributed by atoms with E-state index in [0.717, 1.165) is 15.6 Å². The van der Waals surface area contributed by atoms with E-state index in [0.29, 0.717) is 0 Å². The lowest BCUT2D eigenvalue weighted by molar-refractivity contribution is -0.126. The summed E-state index contributed by atoms with van der Waals surface area (Å²) in [6.07, 6.45) is 3.44. The molecule has 1 heterocycles. The first-order valence-electron chi connectivity index (χ1n) is 6.67. The maximum Gasteiger partial charge on any atom is 0.244 e. The Morgan fingerprint density at radius 3 is 2.50 bits per heavy atom. The molecule has 0 bridgehead atoms. The van der Waals surface area contributed by atoms with Gasteiger partial charge in [-0.15, -0.1) is 12.4 Å². The van der Waals surface area contributed by atoms with Gasteiger partial charge in [0.05, 0.1) is 6.04 Å². The summed E-state index contributed by atoms with van der Waals surface area (Å²) < 4.78 is 0.950. The Morgan fingerprint density at radius 1 is 1.32 bits per heavy atom. The van der Waals surface area contributed by atoms with Crippen LogP contribution in [0.4, 0.5) is 0 Å². The highest BCUT2D eigenvalue weighted by molar-refractivity contribution is 9.10. The van der Waals surface area contributed by atoms with Gasteiger partial charge in [-0.2, -0.15) is 0 Å². The Morgan fingerprint density at radius 2 is 1.95 bits per heavy atom. The summed E-state index contributed by atoms with van der Waals surface area (Å²) in [7, 11) is 0. The molecule has 0 aliphatic heterocycles. The minimum atomic E-state index is -1.09. The number of amides is 1. The summed E-state index contributed by atoms with van der Waals surface area (Å²) in [6, 6.07) is 11.1. The minimum Gasteiger partial charge on any atom is -0.348 e. The van der Waals surface area contributed by atoms with Gasteiger partial charge < -0.3 is 11.1 Å². The smallest absolute Gasteiger partial charge is 0.244 e. The fourth-order valence-corrected chi connectivity index (χ4v) is 2.25. The standard InChI is InChI=1S/C16H18BrN3O.ClH/c1-11(12-4-3-9-19-10-12)20-15(21)16(2,18)13-5-7-14(17)8-6-13;/h3-11H,18H2,1-2H3,(H,20,21);1H. The first-order valence-corrected chi connectivity index (χ1v) is 7.46. The van der Waals surface area contributed by atoms with E-state index in [4.69, 9.17) is 5.73 Å². The maximum atomic E-state index is 12.5. The zero-order valence-corrected chi connectivity index (χ0v) is 14.8. The molecule has 1 amide bonds.